The molecule has 0 spiro atoms. The zero-order valence-corrected chi connectivity index (χ0v) is 18.9. The molecule has 1 saturated heterocycles. The summed E-state index contributed by atoms with van der Waals surface area (Å²) >= 11 is 1.12. The first-order valence-electron chi connectivity index (χ1n) is 10.4. The summed E-state index contributed by atoms with van der Waals surface area (Å²) in [7, 11) is 0. The Bertz CT molecular complexity index is 846. The van der Waals surface area contributed by atoms with E-state index in [2.05, 4.69) is 14.9 Å². The molecule has 1 aromatic heterocycles. The highest BCUT2D eigenvalue weighted by molar-refractivity contribution is 7.03. The van der Waals surface area contributed by atoms with E-state index in [1.807, 2.05) is 52.0 Å². The van der Waals surface area contributed by atoms with Gasteiger partial charge in [-0.05, 0) is 57.1 Å². The van der Waals surface area contributed by atoms with E-state index in [0.717, 1.165) is 41.9 Å². The van der Waals surface area contributed by atoms with Crippen molar-refractivity contribution in [2.75, 3.05) is 13.2 Å². The van der Waals surface area contributed by atoms with Crippen LogP contribution in [0.4, 0.5) is 0 Å². The molecule has 7 nitrogen and oxygen atoms in total. The molecule has 0 radical (unpaired) electrons. The standard InChI is InChI=1S/C22H30N4O3S/c1-5-22(3,4)23-20(27)19(16-10-8-15(2)9-11-16)26(13-17-7-6-12-29-17)21(28)18-14-30-25-24-18/h8-11,14,17,19H,5-7,12-13H2,1-4H3,(H,23,27)/t17-,19+/m1/s1. The van der Waals surface area contributed by atoms with E-state index in [0.29, 0.717) is 13.2 Å². The average molecular weight is 431 g/mol. The smallest absolute Gasteiger partial charge is 0.276 e. The quantitative estimate of drug-likeness (QED) is 0.693. The SMILES string of the molecule is CCC(C)(C)NC(=O)[C@H](c1ccc(C)cc1)N(C[C@H]1CCCO1)C(=O)c1csnn1. The van der Waals surface area contributed by atoms with Gasteiger partial charge in [0.1, 0.15) is 6.04 Å². The molecule has 2 aromatic rings. The van der Waals surface area contributed by atoms with Gasteiger partial charge in [0, 0.05) is 24.1 Å². The number of benzene rings is 1. The minimum absolute atomic E-state index is 0.0968. The van der Waals surface area contributed by atoms with E-state index in [1.54, 1.807) is 10.3 Å². The van der Waals surface area contributed by atoms with Gasteiger partial charge in [0.25, 0.3) is 5.91 Å². The molecule has 3 rings (SSSR count). The summed E-state index contributed by atoms with van der Waals surface area (Å²) in [6.07, 6.45) is 2.49. The van der Waals surface area contributed by atoms with Crippen molar-refractivity contribution in [2.24, 2.45) is 0 Å². The summed E-state index contributed by atoms with van der Waals surface area (Å²) in [6, 6.07) is 6.95. The van der Waals surface area contributed by atoms with Crippen LogP contribution in [-0.2, 0) is 9.53 Å². The summed E-state index contributed by atoms with van der Waals surface area (Å²) in [4.78, 5) is 28.5. The van der Waals surface area contributed by atoms with Crippen LogP contribution < -0.4 is 5.32 Å². The lowest BCUT2D eigenvalue weighted by atomic mass is 9.97. The van der Waals surface area contributed by atoms with Gasteiger partial charge in [-0.2, -0.15) is 0 Å². The van der Waals surface area contributed by atoms with Crippen LogP contribution in [0.3, 0.4) is 0 Å². The van der Waals surface area contributed by atoms with Crippen molar-refractivity contribution < 1.29 is 14.3 Å². The molecule has 0 unspecified atom stereocenters. The maximum Gasteiger partial charge on any atom is 0.276 e. The number of carbonyl (C=O) groups is 2. The van der Waals surface area contributed by atoms with Gasteiger partial charge in [0.2, 0.25) is 5.91 Å². The minimum atomic E-state index is -0.783. The molecule has 8 heteroatoms. The molecule has 1 aliphatic rings. The first-order chi connectivity index (χ1) is 14.3. The molecule has 0 saturated carbocycles. The third kappa shape index (κ3) is 5.43. The molecule has 2 atom stereocenters. The fourth-order valence-electron chi connectivity index (χ4n) is 3.43. The number of carbonyl (C=O) groups excluding carboxylic acids is 2. The predicted molar refractivity (Wildman–Crippen MR) is 116 cm³/mol. The Hall–Kier alpha value is -2.32. The highest BCUT2D eigenvalue weighted by Crippen LogP contribution is 2.27. The van der Waals surface area contributed by atoms with Crippen LogP contribution in [-0.4, -0.2) is 51.1 Å². The van der Waals surface area contributed by atoms with Crippen LogP contribution in [0.15, 0.2) is 29.6 Å². The first kappa shape index (κ1) is 22.4. The summed E-state index contributed by atoms with van der Waals surface area (Å²) in [5.41, 5.74) is 1.71. The highest BCUT2D eigenvalue weighted by atomic mass is 32.1. The van der Waals surface area contributed by atoms with E-state index in [4.69, 9.17) is 4.74 Å². The fraction of sp³-hybridized carbons (Fsp3) is 0.545. The van der Waals surface area contributed by atoms with Crippen molar-refractivity contribution in [2.45, 2.75) is 64.6 Å². The predicted octanol–water partition coefficient (Wildman–Crippen LogP) is 3.51. The summed E-state index contributed by atoms with van der Waals surface area (Å²) in [6.45, 7) is 8.98. The lowest BCUT2D eigenvalue weighted by Crippen LogP contribution is -2.51. The Labute approximate surface area is 182 Å². The van der Waals surface area contributed by atoms with Gasteiger partial charge in [0.15, 0.2) is 5.69 Å². The number of ether oxygens (including phenoxy) is 1. The largest absolute Gasteiger partial charge is 0.376 e. The van der Waals surface area contributed by atoms with Crippen LogP contribution in [0.1, 0.15) is 67.7 Å². The van der Waals surface area contributed by atoms with Gasteiger partial charge in [-0.25, -0.2) is 0 Å². The molecule has 0 aliphatic carbocycles. The van der Waals surface area contributed by atoms with Crippen molar-refractivity contribution in [3.05, 3.63) is 46.5 Å². The summed E-state index contributed by atoms with van der Waals surface area (Å²) < 4.78 is 9.63. The fourth-order valence-corrected chi connectivity index (χ4v) is 3.86. The molecule has 30 heavy (non-hydrogen) atoms. The van der Waals surface area contributed by atoms with Crippen LogP contribution in [0, 0.1) is 6.92 Å². The Kier molecular flexibility index (Phi) is 7.20. The number of hydrogen-bond donors (Lipinski definition) is 1. The van der Waals surface area contributed by atoms with E-state index in [9.17, 15) is 9.59 Å². The molecular weight excluding hydrogens is 400 g/mol. The Morgan fingerprint density at radius 1 is 1.33 bits per heavy atom. The molecule has 1 aromatic carbocycles. The Morgan fingerprint density at radius 2 is 2.07 bits per heavy atom. The molecule has 162 valence electrons. The number of hydrogen-bond acceptors (Lipinski definition) is 6. The van der Waals surface area contributed by atoms with Gasteiger partial charge in [-0.15, -0.1) is 5.10 Å². The van der Waals surface area contributed by atoms with Crippen molar-refractivity contribution in [1.82, 2.24) is 19.8 Å². The van der Waals surface area contributed by atoms with Crippen molar-refractivity contribution in [1.29, 1.82) is 0 Å². The van der Waals surface area contributed by atoms with Crippen LogP contribution in [0.5, 0.6) is 0 Å². The Morgan fingerprint density at radius 3 is 2.63 bits per heavy atom. The van der Waals surface area contributed by atoms with Gasteiger partial charge < -0.3 is 15.0 Å². The second-order valence-corrected chi connectivity index (χ2v) is 9.03. The molecule has 2 amide bonds. The van der Waals surface area contributed by atoms with Gasteiger partial charge >= 0.3 is 0 Å². The van der Waals surface area contributed by atoms with Gasteiger partial charge in [0.05, 0.1) is 6.10 Å². The second-order valence-electron chi connectivity index (χ2n) is 8.42. The molecule has 1 fully saturated rings. The molecule has 1 N–H and O–H groups in total. The second kappa shape index (κ2) is 9.66. The monoisotopic (exact) mass is 430 g/mol. The van der Waals surface area contributed by atoms with Crippen molar-refractivity contribution in [3.63, 3.8) is 0 Å². The maximum absolute atomic E-state index is 13.5. The van der Waals surface area contributed by atoms with E-state index >= 15 is 0 Å². The topological polar surface area (TPSA) is 84.4 Å². The number of nitrogens with one attached hydrogen (secondary N) is 1. The van der Waals surface area contributed by atoms with Crippen LogP contribution in [0.2, 0.25) is 0 Å². The molecule has 1 aliphatic heterocycles. The van der Waals surface area contributed by atoms with Crippen molar-refractivity contribution >= 4 is 23.3 Å². The summed E-state index contributed by atoms with van der Waals surface area (Å²) in [5.74, 6) is -0.519. The van der Waals surface area contributed by atoms with E-state index < -0.39 is 6.04 Å². The lowest BCUT2D eigenvalue weighted by Gasteiger charge is -2.35. The number of amides is 2. The zero-order valence-electron chi connectivity index (χ0n) is 18.1. The number of aromatic nitrogens is 2. The Balaban J connectivity index is 2.00. The molecule has 2 heterocycles. The van der Waals surface area contributed by atoms with Crippen molar-refractivity contribution in [3.8, 4) is 0 Å². The van der Waals surface area contributed by atoms with Crippen LogP contribution >= 0.6 is 11.5 Å². The maximum atomic E-state index is 13.5. The molecular formula is C22H30N4O3S. The van der Waals surface area contributed by atoms with E-state index in [-0.39, 0.29) is 29.2 Å². The van der Waals surface area contributed by atoms with Crippen LogP contribution in [0.25, 0.3) is 0 Å². The normalized spacial score (nSPS) is 17.5. The van der Waals surface area contributed by atoms with Gasteiger partial charge in [-0.1, -0.05) is 41.2 Å². The zero-order chi connectivity index (χ0) is 21.7. The minimum Gasteiger partial charge on any atom is -0.376 e. The van der Waals surface area contributed by atoms with E-state index in [1.165, 1.54) is 0 Å². The average Bonchev–Trinajstić information content (AvgIpc) is 3.42. The number of rotatable bonds is 8. The molecule has 0 bridgehead atoms. The first-order valence-corrected chi connectivity index (χ1v) is 11.2. The third-order valence-electron chi connectivity index (χ3n) is 5.56. The van der Waals surface area contributed by atoms with Gasteiger partial charge in [-0.3, -0.25) is 9.59 Å². The number of aryl methyl sites for hydroxylation is 1. The lowest BCUT2D eigenvalue weighted by molar-refractivity contribution is -0.128. The summed E-state index contributed by atoms with van der Waals surface area (Å²) in [5, 5.41) is 8.69. The highest BCUT2D eigenvalue weighted by Gasteiger charge is 2.37. The third-order valence-corrected chi connectivity index (χ3v) is 6.07. The number of nitrogens with zero attached hydrogens (tertiary/aromatic N) is 3.